The summed E-state index contributed by atoms with van der Waals surface area (Å²) >= 11 is 0. The maximum atomic E-state index is 5.85. The number of hydrogen-bond acceptors (Lipinski definition) is 2. The first-order valence-corrected chi connectivity index (χ1v) is 12.1. The molecule has 3 heteroatoms. The van der Waals surface area contributed by atoms with Gasteiger partial charge in [-0.25, -0.2) is 4.98 Å². The highest BCUT2D eigenvalue weighted by atomic mass is 16.3. The Labute approximate surface area is 202 Å². The van der Waals surface area contributed by atoms with E-state index in [1.54, 1.807) is 0 Å². The quantitative estimate of drug-likeness (QED) is 0.251. The molecule has 35 heavy (non-hydrogen) atoms. The van der Waals surface area contributed by atoms with Crippen molar-refractivity contribution in [1.82, 2.24) is 9.55 Å². The lowest BCUT2D eigenvalue weighted by Gasteiger charge is -2.21. The number of rotatable bonds is 1. The average molecular weight is 451 g/mol. The molecular weight excluding hydrogens is 428 g/mol. The van der Waals surface area contributed by atoms with Crippen LogP contribution in [0.25, 0.3) is 60.5 Å². The summed E-state index contributed by atoms with van der Waals surface area (Å²) in [6, 6.07) is 33.0. The van der Waals surface area contributed by atoms with Gasteiger partial charge in [0.05, 0.1) is 16.7 Å². The molecule has 3 nitrogen and oxygen atoms in total. The maximum absolute atomic E-state index is 5.85. The monoisotopic (exact) mass is 450 g/mol. The zero-order chi connectivity index (χ0) is 23.3. The molecule has 0 saturated heterocycles. The Kier molecular flexibility index (Phi) is 3.47. The Morgan fingerprint density at radius 2 is 1.57 bits per heavy atom. The van der Waals surface area contributed by atoms with Gasteiger partial charge >= 0.3 is 0 Å². The highest BCUT2D eigenvalue weighted by Crippen LogP contribution is 2.51. The van der Waals surface area contributed by atoms with Gasteiger partial charge < -0.3 is 8.98 Å². The molecular formula is C32H22N2O. The van der Waals surface area contributed by atoms with E-state index < -0.39 is 0 Å². The predicted octanol–water partition coefficient (Wildman–Crippen LogP) is 8.38. The lowest BCUT2D eigenvalue weighted by Crippen LogP contribution is -2.14. The van der Waals surface area contributed by atoms with Crippen molar-refractivity contribution in [2.24, 2.45) is 0 Å². The van der Waals surface area contributed by atoms with Crippen LogP contribution in [-0.2, 0) is 5.41 Å². The van der Waals surface area contributed by atoms with Crippen molar-refractivity contribution in [3.63, 3.8) is 0 Å². The van der Waals surface area contributed by atoms with Crippen LogP contribution in [0.4, 0.5) is 0 Å². The highest BCUT2D eigenvalue weighted by Gasteiger charge is 2.35. The summed E-state index contributed by atoms with van der Waals surface area (Å²) in [5.74, 6) is 0. The zero-order valence-electron chi connectivity index (χ0n) is 19.5. The second-order valence-corrected chi connectivity index (χ2v) is 10.1. The van der Waals surface area contributed by atoms with Crippen molar-refractivity contribution >= 4 is 43.7 Å². The molecule has 1 aliphatic carbocycles. The van der Waals surface area contributed by atoms with E-state index in [4.69, 9.17) is 4.42 Å². The summed E-state index contributed by atoms with van der Waals surface area (Å²) in [5.41, 5.74) is 10.5. The molecule has 8 rings (SSSR count). The van der Waals surface area contributed by atoms with Crippen LogP contribution in [0.2, 0.25) is 0 Å². The molecule has 0 saturated carbocycles. The van der Waals surface area contributed by atoms with Crippen LogP contribution in [0, 0.1) is 0 Å². The van der Waals surface area contributed by atoms with Gasteiger partial charge in [0.2, 0.25) is 0 Å². The number of aromatic nitrogens is 2. The normalized spacial score (nSPS) is 14.2. The largest absolute Gasteiger partial charge is 0.441 e. The van der Waals surface area contributed by atoms with Gasteiger partial charge in [-0.15, -0.1) is 0 Å². The first kappa shape index (κ1) is 19.0. The van der Waals surface area contributed by atoms with Gasteiger partial charge in [0.25, 0.3) is 0 Å². The van der Waals surface area contributed by atoms with E-state index in [0.29, 0.717) is 0 Å². The van der Waals surface area contributed by atoms with E-state index in [9.17, 15) is 0 Å². The Morgan fingerprint density at radius 1 is 0.714 bits per heavy atom. The van der Waals surface area contributed by atoms with Crippen LogP contribution in [-0.4, -0.2) is 9.55 Å². The maximum Gasteiger partial charge on any atom is 0.182 e. The number of fused-ring (bicyclic) bond motifs is 9. The summed E-state index contributed by atoms with van der Waals surface area (Å²) in [4.78, 5) is 4.39. The Bertz CT molecular complexity index is 1990. The second-order valence-electron chi connectivity index (χ2n) is 10.1. The molecule has 1 aliphatic rings. The number of hydrogen-bond donors (Lipinski definition) is 0. The SMILES string of the molecule is CC1(C)c2ccccc2-c2cc3c(ccc4c3c3ccccc3n4-c3cccc4ncoc34)cc21. The Hall–Kier alpha value is -4.37. The van der Waals surface area contributed by atoms with Crippen molar-refractivity contribution in [1.29, 1.82) is 0 Å². The Balaban J connectivity index is 1.55. The highest BCUT2D eigenvalue weighted by molar-refractivity contribution is 6.22. The van der Waals surface area contributed by atoms with Gasteiger partial charge in [0.15, 0.2) is 12.0 Å². The fraction of sp³-hybridized carbons (Fsp3) is 0.0938. The third-order valence-corrected chi connectivity index (χ3v) is 7.93. The van der Waals surface area contributed by atoms with Crippen LogP contribution in [0.1, 0.15) is 25.0 Å². The van der Waals surface area contributed by atoms with Gasteiger partial charge in [0, 0.05) is 16.2 Å². The number of oxazole rings is 1. The van der Waals surface area contributed by atoms with Crippen molar-refractivity contribution in [3.8, 4) is 16.8 Å². The summed E-state index contributed by atoms with van der Waals surface area (Å²) < 4.78 is 8.17. The molecule has 5 aromatic carbocycles. The average Bonchev–Trinajstić information content (AvgIpc) is 3.55. The minimum absolute atomic E-state index is 0.00892. The third kappa shape index (κ3) is 2.33. The molecule has 0 radical (unpaired) electrons. The van der Waals surface area contributed by atoms with Crippen LogP contribution in [0.15, 0.2) is 102 Å². The smallest absolute Gasteiger partial charge is 0.182 e. The minimum Gasteiger partial charge on any atom is -0.441 e. The molecule has 0 N–H and O–H groups in total. The molecule has 0 fully saturated rings. The van der Waals surface area contributed by atoms with E-state index in [1.165, 1.54) is 61.2 Å². The molecule has 0 amide bonds. The lowest BCUT2D eigenvalue weighted by atomic mass is 9.82. The number of para-hydroxylation sites is 2. The van der Waals surface area contributed by atoms with Crippen molar-refractivity contribution in [2.75, 3.05) is 0 Å². The molecule has 0 unspecified atom stereocenters. The number of benzene rings is 5. The molecule has 2 heterocycles. The summed E-state index contributed by atoms with van der Waals surface area (Å²) in [5, 5.41) is 5.08. The molecule has 0 atom stereocenters. The van der Waals surface area contributed by atoms with Crippen LogP contribution >= 0.6 is 0 Å². The molecule has 7 aromatic rings. The van der Waals surface area contributed by atoms with Gasteiger partial charge in [-0.1, -0.05) is 68.4 Å². The van der Waals surface area contributed by atoms with Gasteiger partial charge in [0.1, 0.15) is 5.52 Å². The van der Waals surface area contributed by atoms with E-state index in [2.05, 4.69) is 102 Å². The summed E-state index contributed by atoms with van der Waals surface area (Å²) in [7, 11) is 0. The molecule has 0 aliphatic heterocycles. The van der Waals surface area contributed by atoms with E-state index in [0.717, 1.165) is 16.8 Å². The topological polar surface area (TPSA) is 31.0 Å². The Morgan fingerprint density at radius 3 is 2.51 bits per heavy atom. The fourth-order valence-electron chi connectivity index (χ4n) is 6.29. The van der Waals surface area contributed by atoms with Crippen molar-refractivity contribution in [2.45, 2.75) is 19.3 Å². The zero-order valence-corrected chi connectivity index (χ0v) is 19.5. The van der Waals surface area contributed by atoms with E-state index in [-0.39, 0.29) is 5.41 Å². The molecule has 2 aromatic heterocycles. The van der Waals surface area contributed by atoms with Gasteiger partial charge in [-0.2, -0.15) is 0 Å². The van der Waals surface area contributed by atoms with Crippen molar-refractivity contribution in [3.05, 3.63) is 109 Å². The lowest BCUT2D eigenvalue weighted by molar-refractivity contribution is 0.600. The molecule has 166 valence electrons. The first-order chi connectivity index (χ1) is 17.1. The molecule has 0 spiro atoms. The van der Waals surface area contributed by atoms with Crippen LogP contribution < -0.4 is 0 Å². The molecule has 0 bridgehead atoms. The van der Waals surface area contributed by atoms with Gasteiger partial charge in [-0.3, -0.25) is 0 Å². The van der Waals surface area contributed by atoms with Gasteiger partial charge in [-0.05, 0) is 69.4 Å². The van der Waals surface area contributed by atoms with Crippen LogP contribution in [0.5, 0.6) is 0 Å². The first-order valence-electron chi connectivity index (χ1n) is 12.1. The standard InChI is InChI=1S/C32H22N2O/c1-32(2)24-10-5-3-8-20(24)23-17-22-19(16-25(23)32)14-15-28-30(22)21-9-4-6-12-27(21)34(28)29-13-7-11-26-31(29)35-18-33-26/h3-18H,1-2H3. The number of nitrogens with zero attached hydrogens (tertiary/aromatic N) is 2. The predicted molar refractivity (Wildman–Crippen MR) is 143 cm³/mol. The summed E-state index contributed by atoms with van der Waals surface area (Å²) in [6.07, 6.45) is 1.53. The minimum atomic E-state index is -0.00892. The van der Waals surface area contributed by atoms with Crippen LogP contribution in [0.3, 0.4) is 0 Å². The van der Waals surface area contributed by atoms with E-state index in [1.807, 2.05) is 12.1 Å². The third-order valence-electron chi connectivity index (χ3n) is 7.93. The fourth-order valence-corrected chi connectivity index (χ4v) is 6.29. The van der Waals surface area contributed by atoms with Crippen molar-refractivity contribution < 1.29 is 4.42 Å². The second kappa shape index (κ2) is 6.39. The van der Waals surface area contributed by atoms with E-state index >= 15 is 0 Å². The summed E-state index contributed by atoms with van der Waals surface area (Å²) in [6.45, 7) is 4.68.